The molecule has 0 saturated heterocycles. The fourth-order valence-corrected chi connectivity index (χ4v) is 2.85. The Labute approximate surface area is 112 Å². The first kappa shape index (κ1) is 13.1. The second-order valence-corrected chi connectivity index (χ2v) is 6.07. The number of methoxy groups -OCH3 is 1. The second-order valence-electron chi connectivity index (χ2n) is 4.98. The fraction of sp³-hybridized carbons (Fsp3) is 0.333. The van der Waals surface area contributed by atoms with Crippen LogP contribution in [0.15, 0.2) is 36.4 Å². The molecule has 1 aromatic heterocycles. The highest BCUT2D eigenvalue weighted by atomic mass is 32.1. The van der Waals surface area contributed by atoms with Gasteiger partial charge in [-0.15, -0.1) is 11.3 Å². The van der Waals surface area contributed by atoms with E-state index in [2.05, 4.69) is 38.1 Å². The van der Waals surface area contributed by atoms with Crippen LogP contribution in [0.3, 0.4) is 0 Å². The minimum atomic E-state index is 0.0434. The predicted molar refractivity (Wildman–Crippen MR) is 78.4 cm³/mol. The van der Waals surface area contributed by atoms with Crippen molar-refractivity contribution in [2.24, 2.45) is 5.73 Å². The summed E-state index contributed by atoms with van der Waals surface area (Å²) in [6.45, 7) is 5.01. The Morgan fingerprint density at radius 2 is 2.00 bits per heavy atom. The molecule has 2 aromatic rings. The van der Waals surface area contributed by atoms with Gasteiger partial charge in [-0.3, -0.25) is 0 Å². The molecule has 0 unspecified atom stereocenters. The van der Waals surface area contributed by atoms with Crippen LogP contribution in [0.25, 0.3) is 10.4 Å². The molecule has 0 aliphatic rings. The molecule has 1 heterocycles. The van der Waals surface area contributed by atoms with Crippen LogP contribution in [-0.4, -0.2) is 13.7 Å². The van der Waals surface area contributed by atoms with E-state index in [0.717, 1.165) is 5.75 Å². The van der Waals surface area contributed by atoms with E-state index in [1.807, 2.05) is 12.1 Å². The van der Waals surface area contributed by atoms with Gasteiger partial charge in [-0.2, -0.15) is 0 Å². The topological polar surface area (TPSA) is 35.2 Å². The molecule has 0 aliphatic heterocycles. The molecule has 2 nitrogen and oxygen atoms in total. The second kappa shape index (κ2) is 5.12. The fourth-order valence-electron chi connectivity index (χ4n) is 1.73. The maximum absolute atomic E-state index is 5.82. The zero-order valence-corrected chi connectivity index (χ0v) is 11.9. The first-order valence-corrected chi connectivity index (χ1v) is 6.83. The Bertz CT molecular complexity index is 531. The van der Waals surface area contributed by atoms with Crippen molar-refractivity contribution in [1.82, 2.24) is 0 Å². The molecule has 96 valence electrons. The monoisotopic (exact) mass is 261 g/mol. The van der Waals surface area contributed by atoms with E-state index in [-0.39, 0.29) is 5.41 Å². The van der Waals surface area contributed by atoms with E-state index in [1.165, 1.54) is 15.3 Å². The average Bonchev–Trinajstić information content (AvgIpc) is 2.89. The van der Waals surface area contributed by atoms with Crippen LogP contribution in [0.5, 0.6) is 5.75 Å². The van der Waals surface area contributed by atoms with Gasteiger partial charge in [0.1, 0.15) is 5.75 Å². The lowest BCUT2D eigenvalue weighted by Crippen LogP contribution is -2.26. The van der Waals surface area contributed by atoms with Gasteiger partial charge in [0, 0.05) is 21.7 Å². The Morgan fingerprint density at radius 3 is 2.67 bits per heavy atom. The molecule has 0 saturated carbocycles. The van der Waals surface area contributed by atoms with Crippen LogP contribution in [0.4, 0.5) is 0 Å². The summed E-state index contributed by atoms with van der Waals surface area (Å²) in [6.07, 6.45) is 0. The third-order valence-electron chi connectivity index (χ3n) is 3.14. The number of hydrogen-bond acceptors (Lipinski definition) is 3. The average molecular weight is 261 g/mol. The number of thiophene rings is 1. The zero-order valence-electron chi connectivity index (χ0n) is 11.1. The molecule has 0 spiro atoms. The maximum atomic E-state index is 5.82. The maximum Gasteiger partial charge on any atom is 0.119 e. The lowest BCUT2D eigenvalue weighted by atomic mass is 9.92. The van der Waals surface area contributed by atoms with Crippen molar-refractivity contribution in [2.45, 2.75) is 19.3 Å². The van der Waals surface area contributed by atoms with Crippen molar-refractivity contribution in [2.75, 3.05) is 13.7 Å². The predicted octanol–water partition coefficient (Wildman–Crippen LogP) is 3.66. The molecule has 0 atom stereocenters. The number of hydrogen-bond donors (Lipinski definition) is 1. The number of ether oxygens (including phenoxy) is 1. The van der Waals surface area contributed by atoms with Gasteiger partial charge in [0.2, 0.25) is 0 Å². The van der Waals surface area contributed by atoms with Gasteiger partial charge in [0.25, 0.3) is 0 Å². The molecule has 0 fully saturated rings. The molecular weight excluding hydrogens is 242 g/mol. The van der Waals surface area contributed by atoms with E-state index in [4.69, 9.17) is 10.5 Å². The molecule has 2 rings (SSSR count). The third-order valence-corrected chi connectivity index (χ3v) is 4.64. The molecule has 1 aromatic carbocycles. The van der Waals surface area contributed by atoms with Gasteiger partial charge in [0.15, 0.2) is 0 Å². The summed E-state index contributed by atoms with van der Waals surface area (Å²) in [5.41, 5.74) is 7.05. The quantitative estimate of drug-likeness (QED) is 0.911. The van der Waals surface area contributed by atoms with Gasteiger partial charge >= 0.3 is 0 Å². The Balaban J connectivity index is 2.35. The zero-order chi connectivity index (χ0) is 13.2. The van der Waals surface area contributed by atoms with Crippen LogP contribution in [0, 0.1) is 0 Å². The van der Waals surface area contributed by atoms with Gasteiger partial charge in [-0.1, -0.05) is 26.0 Å². The summed E-state index contributed by atoms with van der Waals surface area (Å²) in [7, 11) is 1.69. The highest BCUT2D eigenvalue weighted by Crippen LogP contribution is 2.35. The molecule has 18 heavy (non-hydrogen) atoms. The minimum Gasteiger partial charge on any atom is -0.497 e. The number of rotatable bonds is 4. The van der Waals surface area contributed by atoms with E-state index < -0.39 is 0 Å². The molecule has 0 aliphatic carbocycles. The van der Waals surface area contributed by atoms with Crippen molar-refractivity contribution < 1.29 is 4.74 Å². The standard InChI is InChI=1S/C15H19NOS/c1-15(2,10-16)14-8-7-13(18-14)11-5-4-6-12(9-11)17-3/h4-9H,10,16H2,1-3H3. The summed E-state index contributed by atoms with van der Waals surface area (Å²) in [6, 6.07) is 12.5. The SMILES string of the molecule is COc1cccc(-c2ccc(C(C)(C)CN)s2)c1. The summed E-state index contributed by atoms with van der Waals surface area (Å²) < 4.78 is 5.26. The van der Waals surface area contributed by atoms with Gasteiger partial charge in [-0.25, -0.2) is 0 Å². The van der Waals surface area contributed by atoms with Crippen molar-refractivity contribution >= 4 is 11.3 Å². The van der Waals surface area contributed by atoms with Gasteiger partial charge < -0.3 is 10.5 Å². The molecule has 0 amide bonds. The first-order chi connectivity index (χ1) is 8.56. The van der Waals surface area contributed by atoms with Crippen molar-refractivity contribution in [3.05, 3.63) is 41.3 Å². The summed E-state index contributed by atoms with van der Waals surface area (Å²) in [5, 5.41) is 0. The summed E-state index contributed by atoms with van der Waals surface area (Å²) in [4.78, 5) is 2.58. The molecular formula is C15H19NOS. The summed E-state index contributed by atoms with van der Waals surface area (Å²) in [5.74, 6) is 0.889. The molecule has 0 radical (unpaired) electrons. The Kier molecular flexibility index (Phi) is 3.73. The number of benzene rings is 1. The first-order valence-electron chi connectivity index (χ1n) is 6.01. The minimum absolute atomic E-state index is 0.0434. The van der Waals surface area contributed by atoms with Gasteiger partial charge in [0.05, 0.1) is 7.11 Å². The van der Waals surface area contributed by atoms with Crippen molar-refractivity contribution in [1.29, 1.82) is 0 Å². The van der Waals surface area contributed by atoms with E-state index >= 15 is 0 Å². The van der Waals surface area contributed by atoms with Crippen LogP contribution in [0.2, 0.25) is 0 Å². The van der Waals surface area contributed by atoms with E-state index in [0.29, 0.717) is 6.54 Å². The van der Waals surface area contributed by atoms with Crippen LogP contribution >= 0.6 is 11.3 Å². The van der Waals surface area contributed by atoms with Crippen LogP contribution < -0.4 is 10.5 Å². The number of nitrogens with two attached hydrogens (primary N) is 1. The molecule has 2 N–H and O–H groups in total. The van der Waals surface area contributed by atoms with Gasteiger partial charge in [-0.05, 0) is 29.8 Å². The van der Waals surface area contributed by atoms with E-state index in [1.54, 1.807) is 18.4 Å². The van der Waals surface area contributed by atoms with Crippen LogP contribution in [0.1, 0.15) is 18.7 Å². The lowest BCUT2D eigenvalue weighted by molar-refractivity contribution is 0.415. The van der Waals surface area contributed by atoms with Crippen molar-refractivity contribution in [3.8, 4) is 16.2 Å². The molecule has 3 heteroatoms. The van der Waals surface area contributed by atoms with Crippen LogP contribution in [-0.2, 0) is 5.41 Å². The highest BCUT2D eigenvalue weighted by Gasteiger charge is 2.20. The third kappa shape index (κ3) is 2.57. The largest absolute Gasteiger partial charge is 0.497 e. The summed E-state index contributed by atoms with van der Waals surface area (Å²) >= 11 is 1.80. The highest BCUT2D eigenvalue weighted by molar-refractivity contribution is 7.15. The van der Waals surface area contributed by atoms with E-state index in [9.17, 15) is 0 Å². The van der Waals surface area contributed by atoms with Crippen molar-refractivity contribution in [3.63, 3.8) is 0 Å². The molecule has 0 bridgehead atoms. The Morgan fingerprint density at radius 1 is 1.22 bits per heavy atom. The smallest absolute Gasteiger partial charge is 0.119 e. The normalized spacial score (nSPS) is 11.6. The Hall–Kier alpha value is -1.32. The lowest BCUT2D eigenvalue weighted by Gasteiger charge is -2.20.